The predicted molar refractivity (Wildman–Crippen MR) is 63.5 cm³/mol. The molecule has 1 aromatic carbocycles. The second-order valence-electron chi connectivity index (χ2n) is 4.68. The monoisotopic (exact) mass is 271 g/mol. The van der Waals surface area contributed by atoms with Crippen molar-refractivity contribution in [3.8, 4) is 11.5 Å². The Bertz CT molecular complexity index is 463. The Morgan fingerprint density at radius 2 is 2.00 bits per heavy atom. The molecule has 19 heavy (non-hydrogen) atoms. The van der Waals surface area contributed by atoms with Crippen LogP contribution in [0, 0.1) is 11.6 Å². The van der Waals surface area contributed by atoms with Gasteiger partial charge in [-0.3, -0.25) is 4.90 Å². The average Bonchev–Trinajstić information content (AvgIpc) is 2.39. The second kappa shape index (κ2) is 5.30. The van der Waals surface area contributed by atoms with Crippen molar-refractivity contribution in [2.75, 3.05) is 39.5 Å². The van der Waals surface area contributed by atoms with Crippen molar-refractivity contribution >= 4 is 0 Å². The van der Waals surface area contributed by atoms with Crippen molar-refractivity contribution in [1.29, 1.82) is 0 Å². The number of benzene rings is 1. The van der Waals surface area contributed by atoms with Gasteiger partial charge < -0.3 is 14.2 Å². The zero-order valence-corrected chi connectivity index (χ0v) is 10.4. The van der Waals surface area contributed by atoms with Crippen LogP contribution in [-0.4, -0.2) is 50.5 Å². The number of halogens is 2. The van der Waals surface area contributed by atoms with E-state index in [1.54, 1.807) is 0 Å². The van der Waals surface area contributed by atoms with Crippen molar-refractivity contribution < 1.29 is 23.0 Å². The second-order valence-corrected chi connectivity index (χ2v) is 4.68. The summed E-state index contributed by atoms with van der Waals surface area (Å²) < 4.78 is 42.8. The summed E-state index contributed by atoms with van der Waals surface area (Å²) in [4.78, 5) is 2.19. The first-order valence-electron chi connectivity index (χ1n) is 6.31. The molecule has 0 aliphatic carbocycles. The first-order chi connectivity index (χ1) is 9.22. The van der Waals surface area contributed by atoms with Crippen molar-refractivity contribution in [3.63, 3.8) is 0 Å². The van der Waals surface area contributed by atoms with E-state index in [1.165, 1.54) is 0 Å². The molecular formula is C13H15F2NO3. The SMILES string of the molecule is Fc1cc(F)c2c(c1)OC(CN1CCOCC1)CO2. The third-order valence-corrected chi connectivity index (χ3v) is 3.25. The normalized spacial score (nSPS) is 23.4. The van der Waals surface area contributed by atoms with Crippen LogP contribution in [0.1, 0.15) is 0 Å². The minimum absolute atomic E-state index is 0.000345. The third-order valence-electron chi connectivity index (χ3n) is 3.25. The van der Waals surface area contributed by atoms with Crippen LogP contribution in [0.2, 0.25) is 0 Å². The molecule has 0 saturated carbocycles. The number of hydrogen-bond donors (Lipinski definition) is 0. The van der Waals surface area contributed by atoms with Crippen LogP contribution in [0.4, 0.5) is 8.78 Å². The van der Waals surface area contributed by atoms with Crippen LogP contribution in [0.25, 0.3) is 0 Å². The fourth-order valence-electron chi connectivity index (χ4n) is 2.32. The van der Waals surface area contributed by atoms with Crippen LogP contribution in [0.5, 0.6) is 11.5 Å². The maximum absolute atomic E-state index is 13.4. The van der Waals surface area contributed by atoms with E-state index >= 15 is 0 Å². The summed E-state index contributed by atoms with van der Waals surface area (Å²) >= 11 is 0. The molecule has 0 radical (unpaired) electrons. The lowest BCUT2D eigenvalue weighted by atomic mass is 10.2. The van der Waals surface area contributed by atoms with Crippen molar-refractivity contribution in [1.82, 2.24) is 4.90 Å². The van der Waals surface area contributed by atoms with Gasteiger partial charge in [-0.1, -0.05) is 0 Å². The van der Waals surface area contributed by atoms with E-state index in [0.717, 1.165) is 25.2 Å². The number of ether oxygens (including phenoxy) is 3. The predicted octanol–water partition coefficient (Wildman–Crippen LogP) is 1.44. The molecule has 4 nitrogen and oxygen atoms in total. The highest BCUT2D eigenvalue weighted by molar-refractivity contribution is 5.42. The lowest BCUT2D eigenvalue weighted by Crippen LogP contribution is -2.45. The van der Waals surface area contributed by atoms with Crippen molar-refractivity contribution in [2.45, 2.75) is 6.10 Å². The van der Waals surface area contributed by atoms with E-state index in [2.05, 4.69) is 4.90 Å². The number of rotatable bonds is 2. The smallest absolute Gasteiger partial charge is 0.197 e. The largest absolute Gasteiger partial charge is 0.483 e. The molecule has 1 fully saturated rings. The Hall–Kier alpha value is -1.40. The summed E-state index contributed by atoms with van der Waals surface area (Å²) in [6, 6.07) is 1.95. The topological polar surface area (TPSA) is 30.9 Å². The van der Waals surface area contributed by atoms with E-state index in [0.29, 0.717) is 19.8 Å². The molecule has 0 N–H and O–H groups in total. The summed E-state index contributed by atoms with van der Waals surface area (Å²) in [6.07, 6.45) is -0.216. The van der Waals surface area contributed by atoms with Crippen LogP contribution in [0.15, 0.2) is 12.1 Å². The molecule has 0 aromatic heterocycles. The Labute approximate surface area is 109 Å². The summed E-state index contributed by atoms with van der Waals surface area (Å²) in [6.45, 7) is 4.02. The number of fused-ring (bicyclic) bond motifs is 1. The zero-order valence-electron chi connectivity index (χ0n) is 10.4. The van der Waals surface area contributed by atoms with Gasteiger partial charge in [0.1, 0.15) is 18.5 Å². The van der Waals surface area contributed by atoms with E-state index < -0.39 is 11.6 Å². The van der Waals surface area contributed by atoms with Crippen LogP contribution < -0.4 is 9.47 Å². The molecule has 2 heterocycles. The van der Waals surface area contributed by atoms with Crippen molar-refractivity contribution in [2.24, 2.45) is 0 Å². The Balaban J connectivity index is 1.67. The summed E-state index contributed by atoms with van der Waals surface area (Å²) in [5, 5.41) is 0. The van der Waals surface area contributed by atoms with E-state index in [9.17, 15) is 8.78 Å². The third kappa shape index (κ3) is 2.79. The Kier molecular flexibility index (Phi) is 3.52. The maximum atomic E-state index is 13.4. The van der Waals surface area contributed by atoms with Gasteiger partial charge in [0.25, 0.3) is 0 Å². The molecule has 0 bridgehead atoms. The van der Waals surface area contributed by atoms with Crippen molar-refractivity contribution in [3.05, 3.63) is 23.8 Å². The fourth-order valence-corrected chi connectivity index (χ4v) is 2.32. The van der Waals surface area contributed by atoms with Gasteiger partial charge in [0.2, 0.25) is 0 Å². The number of nitrogens with zero attached hydrogens (tertiary/aromatic N) is 1. The zero-order chi connectivity index (χ0) is 13.2. The number of morpholine rings is 1. The van der Waals surface area contributed by atoms with Crippen LogP contribution >= 0.6 is 0 Å². The molecule has 3 rings (SSSR count). The van der Waals surface area contributed by atoms with Gasteiger partial charge >= 0.3 is 0 Å². The lowest BCUT2D eigenvalue weighted by molar-refractivity contribution is 0.00215. The molecule has 2 aliphatic rings. The molecule has 104 valence electrons. The highest BCUT2D eigenvalue weighted by Gasteiger charge is 2.27. The standard InChI is InChI=1S/C13H15F2NO3/c14-9-5-11(15)13-12(6-9)19-10(8-18-13)7-16-1-3-17-4-2-16/h5-6,10H,1-4,7-8H2. The first-order valence-corrected chi connectivity index (χ1v) is 6.31. The average molecular weight is 271 g/mol. The van der Waals surface area contributed by atoms with Gasteiger partial charge in [-0.2, -0.15) is 0 Å². The van der Waals surface area contributed by atoms with E-state index in [4.69, 9.17) is 14.2 Å². The van der Waals surface area contributed by atoms with E-state index in [-0.39, 0.29) is 24.2 Å². The van der Waals surface area contributed by atoms with Gasteiger partial charge in [0.05, 0.1) is 13.2 Å². The maximum Gasteiger partial charge on any atom is 0.197 e. The minimum Gasteiger partial charge on any atom is -0.483 e. The lowest BCUT2D eigenvalue weighted by Gasteiger charge is -2.33. The van der Waals surface area contributed by atoms with Crippen LogP contribution in [0.3, 0.4) is 0 Å². The van der Waals surface area contributed by atoms with Crippen LogP contribution in [-0.2, 0) is 4.74 Å². The summed E-state index contributed by atoms with van der Waals surface area (Å²) in [5.41, 5.74) is 0. The van der Waals surface area contributed by atoms with E-state index in [1.807, 2.05) is 0 Å². The first kappa shape index (κ1) is 12.6. The molecular weight excluding hydrogens is 256 g/mol. The quantitative estimate of drug-likeness (QED) is 0.814. The molecule has 1 aromatic rings. The molecule has 0 spiro atoms. The Morgan fingerprint density at radius 1 is 1.21 bits per heavy atom. The van der Waals surface area contributed by atoms with Gasteiger partial charge in [-0.25, -0.2) is 8.78 Å². The molecule has 2 aliphatic heterocycles. The van der Waals surface area contributed by atoms with Gasteiger partial charge in [0, 0.05) is 31.8 Å². The molecule has 1 atom stereocenters. The van der Waals surface area contributed by atoms with Gasteiger partial charge in [-0.05, 0) is 0 Å². The molecule has 6 heteroatoms. The molecule has 1 saturated heterocycles. The Morgan fingerprint density at radius 3 is 2.79 bits per heavy atom. The summed E-state index contributed by atoms with van der Waals surface area (Å²) in [5.74, 6) is -1.24. The summed E-state index contributed by atoms with van der Waals surface area (Å²) in [7, 11) is 0. The van der Waals surface area contributed by atoms with Gasteiger partial charge in [0.15, 0.2) is 17.3 Å². The molecule has 0 amide bonds. The minimum atomic E-state index is -0.722. The van der Waals surface area contributed by atoms with Gasteiger partial charge in [-0.15, -0.1) is 0 Å². The molecule has 1 unspecified atom stereocenters. The number of hydrogen-bond acceptors (Lipinski definition) is 4. The fraction of sp³-hybridized carbons (Fsp3) is 0.538. The highest BCUT2D eigenvalue weighted by atomic mass is 19.1. The highest BCUT2D eigenvalue weighted by Crippen LogP contribution is 2.35.